The van der Waals surface area contributed by atoms with Gasteiger partial charge in [-0.15, -0.1) is 23.1 Å². The summed E-state index contributed by atoms with van der Waals surface area (Å²) in [6.07, 6.45) is 11.8. The third-order valence-corrected chi connectivity index (χ3v) is 9.38. The molecule has 0 fully saturated rings. The number of carbonyl (C=O) groups excluding carboxylic acids is 1. The molecule has 2 heterocycles. The number of benzene rings is 2. The zero-order chi connectivity index (χ0) is 26.0. The minimum atomic E-state index is -0.222. The predicted octanol–water partition coefficient (Wildman–Crippen LogP) is 8.82. The lowest BCUT2D eigenvalue weighted by molar-refractivity contribution is -0.115. The maximum Gasteiger partial charge on any atom is 0.237 e. The van der Waals surface area contributed by atoms with Gasteiger partial charge in [-0.1, -0.05) is 57.2 Å². The van der Waals surface area contributed by atoms with Crippen molar-refractivity contribution in [1.29, 1.82) is 0 Å². The van der Waals surface area contributed by atoms with E-state index >= 15 is 0 Å². The quantitative estimate of drug-likeness (QED) is 0.124. The van der Waals surface area contributed by atoms with Crippen molar-refractivity contribution >= 4 is 67.6 Å². The minimum Gasteiger partial charge on any atom is -0.494 e. The fourth-order valence-corrected chi connectivity index (χ4v) is 7.25. The molecule has 1 unspecified atom stereocenters. The maximum absolute atomic E-state index is 13.7. The SMILES string of the molecule is CCCCCCCCC(Sc1nc2ccc(OCC)cc2s1)C(=O)Nc1c(SC)ccc2ncccc12. The van der Waals surface area contributed by atoms with Crippen molar-refractivity contribution < 1.29 is 9.53 Å². The fourth-order valence-electron chi connectivity index (χ4n) is 4.30. The van der Waals surface area contributed by atoms with Crippen molar-refractivity contribution in [3.63, 3.8) is 0 Å². The van der Waals surface area contributed by atoms with Gasteiger partial charge in [0.25, 0.3) is 0 Å². The standard InChI is InChI=1S/C29H35N3O2S3/c1-4-6-7-8-9-10-13-25(36-29-31-23-15-14-20(34-5-2)19-26(23)37-29)28(33)32-27-21-12-11-18-30-22(21)16-17-24(27)35-3/h11-12,14-19,25H,4-10,13H2,1-3H3,(H,32,33). The molecule has 5 nitrogen and oxygen atoms in total. The molecule has 37 heavy (non-hydrogen) atoms. The Labute approximate surface area is 232 Å². The van der Waals surface area contributed by atoms with Crippen LogP contribution in [-0.4, -0.2) is 34.0 Å². The van der Waals surface area contributed by atoms with Gasteiger partial charge in [0.15, 0.2) is 4.34 Å². The minimum absolute atomic E-state index is 0.0273. The molecule has 0 bridgehead atoms. The van der Waals surface area contributed by atoms with Crippen LogP contribution in [0.25, 0.3) is 21.1 Å². The Morgan fingerprint density at radius 3 is 2.68 bits per heavy atom. The van der Waals surface area contributed by atoms with E-state index in [-0.39, 0.29) is 11.2 Å². The molecule has 2 aromatic heterocycles. The molecule has 0 saturated heterocycles. The van der Waals surface area contributed by atoms with Gasteiger partial charge in [0.1, 0.15) is 5.75 Å². The molecule has 0 radical (unpaired) electrons. The zero-order valence-corrected chi connectivity index (χ0v) is 24.2. The van der Waals surface area contributed by atoms with Crippen LogP contribution >= 0.6 is 34.9 Å². The van der Waals surface area contributed by atoms with Crippen molar-refractivity contribution in [2.24, 2.45) is 0 Å². The highest BCUT2D eigenvalue weighted by Crippen LogP contribution is 2.37. The zero-order valence-electron chi connectivity index (χ0n) is 21.8. The first kappa shape index (κ1) is 27.7. The second-order valence-corrected chi connectivity index (χ2v) is 12.2. The summed E-state index contributed by atoms with van der Waals surface area (Å²) < 4.78 is 7.66. The van der Waals surface area contributed by atoms with Gasteiger partial charge in [0.05, 0.1) is 33.3 Å². The highest BCUT2D eigenvalue weighted by molar-refractivity contribution is 8.02. The summed E-state index contributed by atoms with van der Waals surface area (Å²) in [5.74, 6) is 0.880. The molecule has 0 aliphatic rings. The molecule has 8 heteroatoms. The van der Waals surface area contributed by atoms with E-state index in [1.54, 1.807) is 41.1 Å². The number of nitrogens with one attached hydrogen (secondary N) is 1. The van der Waals surface area contributed by atoms with Crippen molar-refractivity contribution in [2.75, 3.05) is 18.2 Å². The van der Waals surface area contributed by atoms with Crippen LogP contribution in [0.15, 0.2) is 57.9 Å². The van der Waals surface area contributed by atoms with E-state index < -0.39 is 0 Å². The second-order valence-electron chi connectivity index (χ2n) is 8.91. The largest absolute Gasteiger partial charge is 0.494 e. The summed E-state index contributed by atoms with van der Waals surface area (Å²) in [6.45, 7) is 4.85. The Kier molecular flexibility index (Phi) is 10.5. The lowest BCUT2D eigenvalue weighted by Gasteiger charge is -2.18. The molecule has 0 spiro atoms. The summed E-state index contributed by atoms with van der Waals surface area (Å²) in [4.78, 5) is 24.1. The van der Waals surface area contributed by atoms with Crippen LogP contribution in [0.2, 0.25) is 0 Å². The van der Waals surface area contributed by atoms with Crippen molar-refractivity contribution in [3.05, 3.63) is 48.7 Å². The average molecular weight is 554 g/mol. The highest BCUT2D eigenvalue weighted by Gasteiger charge is 2.23. The van der Waals surface area contributed by atoms with Crippen LogP contribution in [-0.2, 0) is 4.79 Å². The fraction of sp³-hybridized carbons (Fsp3) is 0.414. The molecule has 0 saturated carbocycles. The Morgan fingerprint density at radius 2 is 1.86 bits per heavy atom. The molecule has 1 N–H and O–H groups in total. The van der Waals surface area contributed by atoms with Gasteiger partial charge >= 0.3 is 0 Å². The van der Waals surface area contributed by atoms with Crippen LogP contribution in [0.1, 0.15) is 58.8 Å². The van der Waals surface area contributed by atoms with Crippen LogP contribution in [0, 0.1) is 0 Å². The van der Waals surface area contributed by atoms with Gasteiger partial charge in [-0.25, -0.2) is 4.98 Å². The molecule has 4 aromatic rings. The third-order valence-electron chi connectivity index (χ3n) is 6.22. The molecular weight excluding hydrogens is 519 g/mol. The third kappa shape index (κ3) is 7.39. The number of aromatic nitrogens is 2. The number of fused-ring (bicyclic) bond motifs is 2. The van der Waals surface area contributed by atoms with E-state index in [9.17, 15) is 4.79 Å². The lowest BCUT2D eigenvalue weighted by atomic mass is 10.1. The summed E-state index contributed by atoms with van der Waals surface area (Å²) >= 11 is 4.84. The number of amides is 1. The molecule has 2 aromatic carbocycles. The van der Waals surface area contributed by atoms with Crippen molar-refractivity contribution in [3.8, 4) is 5.75 Å². The Bertz CT molecular complexity index is 1320. The average Bonchev–Trinajstić information content (AvgIpc) is 3.32. The topological polar surface area (TPSA) is 64.1 Å². The number of ether oxygens (including phenoxy) is 1. The number of carbonyl (C=O) groups is 1. The van der Waals surface area contributed by atoms with E-state index in [0.29, 0.717) is 6.61 Å². The van der Waals surface area contributed by atoms with Crippen LogP contribution in [0.5, 0.6) is 5.75 Å². The summed E-state index contributed by atoms with van der Waals surface area (Å²) in [6, 6.07) is 14.0. The first-order chi connectivity index (χ1) is 18.1. The number of rotatable bonds is 14. The predicted molar refractivity (Wildman–Crippen MR) is 161 cm³/mol. The van der Waals surface area contributed by atoms with Gasteiger partial charge in [0, 0.05) is 16.5 Å². The van der Waals surface area contributed by atoms with E-state index in [2.05, 4.69) is 17.2 Å². The monoisotopic (exact) mass is 553 g/mol. The molecular formula is C29H35N3O2S3. The van der Waals surface area contributed by atoms with E-state index in [4.69, 9.17) is 9.72 Å². The van der Waals surface area contributed by atoms with Crippen LogP contribution in [0.4, 0.5) is 5.69 Å². The van der Waals surface area contributed by atoms with Gasteiger partial charge in [0.2, 0.25) is 5.91 Å². The maximum atomic E-state index is 13.7. The summed E-state index contributed by atoms with van der Waals surface area (Å²) in [7, 11) is 0. The Balaban J connectivity index is 1.55. The van der Waals surface area contributed by atoms with Gasteiger partial charge in [-0.3, -0.25) is 9.78 Å². The van der Waals surface area contributed by atoms with Crippen molar-refractivity contribution in [1.82, 2.24) is 9.97 Å². The molecule has 1 atom stereocenters. The lowest BCUT2D eigenvalue weighted by Crippen LogP contribution is -2.25. The number of hydrogen-bond acceptors (Lipinski definition) is 7. The number of nitrogens with zero attached hydrogens (tertiary/aromatic N) is 2. The van der Waals surface area contributed by atoms with E-state index in [1.165, 1.54) is 25.7 Å². The normalized spacial score (nSPS) is 12.2. The number of unbranched alkanes of at least 4 members (excludes halogenated alkanes) is 5. The second kappa shape index (κ2) is 14.0. The summed E-state index contributed by atoms with van der Waals surface area (Å²) in [5, 5.41) is 4.03. The van der Waals surface area contributed by atoms with Crippen LogP contribution in [0.3, 0.4) is 0 Å². The first-order valence-corrected chi connectivity index (χ1v) is 16.0. The number of thiazole rings is 1. The van der Waals surface area contributed by atoms with Crippen LogP contribution < -0.4 is 10.1 Å². The number of thioether (sulfide) groups is 2. The Morgan fingerprint density at radius 1 is 1.05 bits per heavy atom. The van der Waals surface area contributed by atoms with Gasteiger partial charge in [-0.2, -0.15) is 0 Å². The molecule has 4 rings (SSSR count). The summed E-state index contributed by atoms with van der Waals surface area (Å²) in [5.41, 5.74) is 2.67. The molecule has 0 aliphatic heterocycles. The molecule has 0 aliphatic carbocycles. The van der Waals surface area contributed by atoms with Crippen molar-refractivity contribution in [2.45, 2.75) is 73.3 Å². The van der Waals surface area contributed by atoms with E-state index in [1.807, 2.05) is 55.6 Å². The number of pyridine rings is 1. The van der Waals surface area contributed by atoms with Gasteiger partial charge < -0.3 is 10.1 Å². The highest BCUT2D eigenvalue weighted by atomic mass is 32.2. The number of hydrogen-bond donors (Lipinski definition) is 1. The Hall–Kier alpha value is -2.29. The van der Waals surface area contributed by atoms with Gasteiger partial charge in [-0.05, 0) is 62.1 Å². The molecule has 196 valence electrons. The number of anilines is 1. The smallest absolute Gasteiger partial charge is 0.237 e. The molecule has 1 amide bonds. The first-order valence-electron chi connectivity index (χ1n) is 13.1. The van der Waals surface area contributed by atoms with E-state index in [0.717, 1.165) is 61.1 Å².